The zero-order chi connectivity index (χ0) is 24.1. The third-order valence-corrected chi connectivity index (χ3v) is 5.68. The van der Waals surface area contributed by atoms with Crippen molar-refractivity contribution in [2.24, 2.45) is 0 Å². The van der Waals surface area contributed by atoms with Gasteiger partial charge in [-0.1, -0.05) is 24.0 Å². The topological polar surface area (TPSA) is 92.6 Å². The molecular formula is C25H30N2O6. The predicted octanol–water partition coefficient (Wildman–Crippen LogP) is 0.471. The number of ether oxygens (including phenoxy) is 3. The number of Topliss-reactive ketones (excluding diaryl/α,β-unsaturated/α-hetero) is 1. The van der Waals surface area contributed by atoms with Crippen molar-refractivity contribution in [3.63, 3.8) is 0 Å². The highest BCUT2D eigenvalue weighted by molar-refractivity contribution is 6.46. The standard InChI is InChI=1S/C25H30N2O6/c1-26(2)13-6-14-27-22(16-7-10-18(31-3)11-8-16)21(24(29)25(27)30)23(28)17-9-12-19(32-4)20(15-17)33-5/h7-12,15,22,28H,6,13-14H2,1-5H3/b23-21+. The van der Waals surface area contributed by atoms with E-state index < -0.39 is 23.5 Å². The summed E-state index contributed by atoms with van der Waals surface area (Å²) in [5.74, 6) is -0.457. The van der Waals surface area contributed by atoms with Gasteiger partial charge in [-0.05, 0) is 35.4 Å². The van der Waals surface area contributed by atoms with Gasteiger partial charge in [0.1, 0.15) is 5.75 Å². The van der Waals surface area contributed by atoms with Crippen LogP contribution < -0.4 is 24.2 Å². The van der Waals surface area contributed by atoms with Crippen LogP contribution in [0.15, 0.2) is 48.0 Å². The number of methoxy groups -OCH3 is 3. The van der Waals surface area contributed by atoms with E-state index in [4.69, 9.17) is 14.2 Å². The van der Waals surface area contributed by atoms with Gasteiger partial charge in [0.25, 0.3) is 5.91 Å². The highest BCUT2D eigenvalue weighted by Crippen LogP contribution is 2.40. The molecule has 2 aromatic carbocycles. The van der Waals surface area contributed by atoms with Gasteiger partial charge in [0, 0.05) is 18.5 Å². The molecule has 0 aromatic heterocycles. The summed E-state index contributed by atoms with van der Waals surface area (Å²) in [6.45, 7) is 1.20. The van der Waals surface area contributed by atoms with Gasteiger partial charge >= 0.3 is 0 Å². The Labute approximate surface area is 194 Å². The molecular weight excluding hydrogens is 424 g/mol. The van der Waals surface area contributed by atoms with Gasteiger partial charge in [-0.2, -0.15) is 0 Å². The van der Waals surface area contributed by atoms with Gasteiger partial charge in [0.15, 0.2) is 11.5 Å². The fourth-order valence-corrected chi connectivity index (χ4v) is 3.97. The Morgan fingerprint density at radius 2 is 1.64 bits per heavy atom. The fraction of sp³-hybridized carbons (Fsp3) is 0.360. The van der Waals surface area contributed by atoms with Crippen molar-refractivity contribution in [2.75, 3.05) is 48.5 Å². The summed E-state index contributed by atoms with van der Waals surface area (Å²) >= 11 is 0. The summed E-state index contributed by atoms with van der Waals surface area (Å²) in [4.78, 5) is 28.8. The number of nitrogens with one attached hydrogen (secondary N) is 1. The lowest BCUT2D eigenvalue weighted by atomic mass is 9.95. The van der Waals surface area contributed by atoms with Crippen molar-refractivity contribution in [3.05, 3.63) is 59.2 Å². The minimum absolute atomic E-state index is 0.0606. The minimum Gasteiger partial charge on any atom is -0.872 e. The third-order valence-electron chi connectivity index (χ3n) is 5.68. The molecule has 0 radical (unpaired) electrons. The number of nitrogens with zero attached hydrogens (tertiary/aromatic N) is 1. The molecule has 1 amide bonds. The number of amides is 1. The van der Waals surface area contributed by atoms with E-state index in [9.17, 15) is 14.7 Å². The van der Waals surface area contributed by atoms with E-state index in [0.29, 0.717) is 35.8 Å². The van der Waals surface area contributed by atoms with E-state index in [2.05, 4.69) is 0 Å². The normalized spacial score (nSPS) is 17.5. The van der Waals surface area contributed by atoms with Crippen LogP contribution in [0.25, 0.3) is 5.76 Å². The van der Waals surface area contributed by atoms with Crippen molar-refractivity contribution in [1.29, 1.82) is 0 Å². The SMILES string of the molecule is COc1ccc(C2/C(=C(\[O-])c3ccc(OC)c(OC)c3)C(=O)C(=O)N2CCC[NH+](C)C)cc1. The van der Waals surface area contributed by atoms with Crippen LogP contribution in [0.2, 0.25) is 0 Å². The third kappa shape index (κ3) is 4.96. The predicted molar refractivity (Wildman–Crippen MR) is 121 cm³/mol. The van der Waals surface area contributed by atoms with Gasteiger partial charge in [-0.3, -0.25) is 9.59 Å². The first-order chi connectivity index (χ1) is 15.8. The van der Waals surface area contributed by atoms with Gasteiger partial charge in [0.05, 0.1) is 48.0 Å². The van der Waals surface area contributed by atoms with Crippen molar-refractivity contribution >= 4 is 17.4 Å². The zero-order valence-corrected chi connectivity index (χ0v) is 19.6. The van der Waals surface area contributed by atoms with E-state index in [1.54, 1.807) is 43.5 Å². The second-order valence-corrected chi connectivity index (χ2v) is 8.13. The van der Waals surface area contributed by atoms with E-state index in [1.165, 1.54) is 30.1 Å². The zero-order valence-electron chi connectivity index (χ0n) is 19.6. The van der Waals surface area contributed by atoms with Gasteiger partial charge in [-0.15, -0.1) is 0 Å². The number of carbonyl (C=O) groups is 2. The Kier molecular flexibility index (Phi) is 7.60. The lowest BCUT2D eigenvalue weighted by Gasteiger charge is -2.28. The van der Waals surface area contributed by atoms with E-state index >= 15 is 0 Å². The molecule has 2 aromatic rings. The Morgan fingerprint density at radius 1 is 0.970 bits per heavy atom. The van der Waals surface area contributed by atoms with Crippen LogP contribution in [-0.2, 0) is 9.59 Å². The largest absolute Gasteiger partial charge is 0.872 e. The monoisotopic (exact) mass is 454 g/mol. The second kappa shape index (κ2) is 10.4. The summed E-state index contributed by atoms with van der Waals surface area (Å²) in [7, 11) is 8.58. The number of hydrogen-bond donors (Lipinski definition) is 1. The Morgan fingerprint density at radius 3 is 2.21 bits per heavy atom. The van der Waals surface area contributed by atoms with Crippen LogP contribution in [-0.4, -0.2) is 65.1 Å². The molecule has 1 fully saturated rings. The molecule has 0 aliphatic carbocycles. The van der Waals surface area contributed by atoms with Gasteiger partial charge < -0.3 is 29.1 Å². The number of likely N-dealkylation sites (tertiary alicyclic amines) is 1. The lowest BCUT2D eigenvalue weighted by molar-refractivity contribution is -0.858. The average Bonchev–Trinajstić information content (AvgIpc) is 3.08. The molecule has 1 atom stereocenters. The van der Waals surface area contributed by atoms with Gasteiger partial charge in [0.2, 0.25) is 5.78 Å². The molecule has 1 unspecified atom stereocenters. The van der Waals surface area contributed by atoms with Crippen molar-refractivity contribution in [3.8, 4) is 17.2 Å². The molecule has 0 saturated carbocycles. The summed E-state index contributed by atoms with van der Waals surface area (Å²) in [6.07, 6.45) is 0.700. The lowest BCUT2D eigenvalue weighted by Crippen LogP contribution is -3.05. The molecule has 1 aliphatic heterocycles. The van der Waals surface area contributed by atoms with E-state index in [1.807, 2.05) is 14.1 Å². The molecule has 3 rings (SSSR count). The maximum atomic E-state index is 13.5. The first-order valence-corrected chi connectivity index (χ1v) is 10.7. The van der Waals surface area contributed by atoms with Crippen LogP contribution in [0.3, 0.4) is 0 Å². The maximum absolute atomic E-state index is 13.5. The van der Waals surface area contributed by atoms with E-state index in [0.717, 1.165) is 6.54 Å². The number of benzene rings is 2. The molecule has 1 aliphatic rings. The summed E-state index contributed by atoms with van der Waals surface area (Å²) in [5, 5.41) is 13.5. The molecule has 33 heavy (non-hydrogen) atoms. The van der Waals surface area contributed by atoms with Crippen LogP contribution >= 0.6 is 0 Å². The van der Waals surface area contributed by atoms with E-state index in [-0.39, 0.29) is 11.1 Å². The minimum atomic E-state index is -0.771. The average molecular weight is 455 g/mol. The molecule has 1 heterocycles. The second-order valence-electron chi connectivity index (χ2n) is 8.13. The smallest absolute Gasteiger partial charge is 0.295 e. The molecule has 0 spiro atoms. The van der Waals surface area contributed by atoms with Gasteiger partial charge in [-0.25, -0.2) is 0 Å². The van der Waals surface area contributed by atoms with Crippen molar-refractivity contribution in [1.82, 2.24) is 4.90 Å². The van der Waals surface area contributed by atoms with Crippen molar-refractivity contribution in [2.45, 2.75) is 12.5 Å². The van der Waals surface area contributed by atoms with Crippen LogP contribution in [0.5, 0.6) is 17.2 Å². The number of quaternary nitrogens is 1. The first-order valence-electron chi connectivity index (χ1n) is 10.7. The molecule has 1 N–H and O–H groups in total. The molecule has 0 bridgehead atoms. The molecule has 176 valence electrons. The quantitative estimate of drug-likeness (QED) is 0.337. The van der Waals surface area contributed by atoms with Crippen LogP contribution in [0, 0.1) is 0 Å². The number of hydrogen-bond acceptors (Lipinski definition) is 6. The van der Waals surface area contributed by atoms with Crippen LogP contribution in [0.1, 0.15) is 23.6 Å². The number of ketones is 1. The Hall–Kier alpha value is -3.52. The molecule has 8 nitrogen and oxygen atoms in total. The summed E-state index contributed by atoms with van der Waals surface area (Å²) in [6, 6.07) is 11.0. The summed E-state index contributed by atoms with van der Waals surface area (Å²) in [5.41, 5.74) is 0.868. The Balaban J connectivity index is 2.11. The Bertz CT molecular complexity index is 1050. The highest BCUT2D eigenvalue weighted by atomic mass is 16.5. The number of rotatable bonds is 9. The highest BCUT2D eigenvalue weighted by Gasteiger charge is 2.44. The summed E-state index contributed by atoms with van der Waals surface area (Å²) < 4.78 is 15.8. The van der Waals surface area contributed by atoms with Crippen LogP contribution in [0.4, 0.5) is 0 Å². The first kappa shape index (κ1) is 24.1. The molecule has 1 saturated heterocycles. The van der Waals surface area contributed by atoms with Crippen molar-refractivity contribution < 1.29 is 33.8 Å². The number of carbonyl (C=O) groups excluding carboxylic acids is 2. The fourth-order valence-electron chi connectivity index (χ4n) is 3.97. The maximum Gasteiger partial charge on any atom is 0.295 e. The molecule has 8 heteroatoms.